The lowest BCUT2D eigenvalue weighted by Crippen LogP contribution is -2.29. The standard InChI is InChI=1S/C13H15NO3/c1-9-7-14(8-11(9)13(16)17)12(15)10-5-3-2-4-6-10/h2-6,9,11H,7-8H2,1H3,(H,16,17). The van der Waals surface area contributed by atoms with E-state index >= 15 is 0 Å². The molecule has 1 N–H and O–H groups in total. The van der Waals surface area contributed by atoms with Gasteiger partial charge in [-0.3, -0.25) is 9.59 Å². The van der Waals surface area contributed by atoms with Crippen LogP contribution >= 0.6 is 0 Å². The number of aliphatic carboxylic acids is 1. The summed E-state index contributed by atoms with van der Waals surface area (Å²) in [6.45, 7) is 2.70. The van der Waals surface area contributed by atoms with Crippen LogP contribution in [0.5, 0.6) is 0 Å². The van der Waals surface area contributed by atoms with Crippen molar-refractivity contribution in [3.8, 4) is 0 Å². The first kappa shape index (κ1) is 11.6. The zero-order chi connectivity index (χ0) is 12.4. The fourth-order valence-electron chi connectivity index (χ4n) is 2.22. The number of nitrogens with zero attached hydrogens (tertiary/aromatic N) is 1. The number of carbonyl (C=O) groups is 2. The fourth-order valence-corrected chi connectivity index (χ4v) is 2.22. The molecule has 1 aromatic carbocycles. The van der Waals surface area contributed by atoms with E-state index in [0.29, 0.717) is 18.7 Å². The van der Waals surface area contributed by atoms with Crippen molar-refractivity contribution in [3.05, 3.63) is 35.9 Å². The van der Waals surface area contributed by atoms with Crippen molar-refractivity contribution < 1.29 is 14.7 Å². The molecule has 1 fully saturated rings. The molecule has 17 heavy (non-hydrogen) atoms. The molecular weight excluding hydrogens is 218 g/mol. The molecule has 2 unspecified atom stereocenters. The van der Waals surface area contributed by atoms with Gasteiger partial charge in [0.25, 0.3) is 5.91 Å². The molecule has 0 aromatic heterocycles. The second kappa shape index (κ2) is 4.57. The second-order valence-electron chi connectivity index (χ2n) is 4.50. The summed E-state index contributed by atoms with van der Waals surface area (Å²) in [6, 6.07) is 8.97. The highest BCUT2D eigenvalue weighted by atomic mass is 16.4. The minimum Gasteiger partial charge on any atom is -0.481 e. The van der Waals surface area contributed by atoms with E-state index in [-0.39, 0.29) is 11.8 Å². The van der Waals surface area contributed by atoms with Gasteiger partial charge in [0.1, 0.15) is 0 Å². The molecule has 1 aliphatic heterocycles. The number of hydrogen-bond acceptors (Lipinski definition) is 2. The third-order valence-electron chi connectivity index (χ3n) is 3.24. The normalized spacial score (nSPS) is 23.7. The zero-order valence-electron chi connectivity index (χ0n) is 9.67. The van der Waals surface area contributed by atoms with E-state index < -0.39 is 11.9 Å². The lowest BCUT2D eigenvalue weighted by molar-refractivity contribution is -0.142. The summed E-state index contributed by atoms with van der Waals surface area (Å²) in [5.74, 6) is -1.33. The molecule has 4 nitrogen and oxygen atoms in total. The Morgan fingerprint density at radius 2 is 1.88 bits per heavy atom. The third kappa shape index (κ3) is 2.30. The van der Waals surface area contributed by atoms with E-state index in [1.807, 2.05) is 13.0 Å². The van der Waals surface area contributed by atoms with Gasteiger partial charge in [-0.1, -0.05) is 25.1 Å². The summed E-state index contributed by atoms with van der Waals surface area (Å²) in [7, 11) is 0. The molecule has 90 valence electrons. The average molecular weight is 233 g/mol. The molecule has 0 aliphatic carbocycles. The average Bonchev–Trinajstić information content (AvgIpc) is 2.71. The molecule has 2 atom stereocenters. The first-order chi connectivity index (χ1) is 8.09. The molecule has 0 bridgehead atoms. The maximum absolute atomic E-state index is 12.1. The molecule has 4 heteroatoms. The maximum Gasteiger partial charge on any atom is 0.308 e. The first-order valence-electron chi connectivity index (χ1n) is 5.66. The van der Waals surface area contributed by atoms with Crippen LogP contribution in [-0.2, 0) is 4.79 Å². The Morgan fingerprint density at radius 3 is 2.41 bits per heavy atom. The molecule has 1 amide bonds. The number of carboxylic acids is 1. The van der Waals surface area contributed by atoms with Crippen molar-refractivity contribution in [3.63, 3.8) is 0 Å². The predicted octanol–water partition coefficient (Wildman–Crippen LogP) is 1.48. The molecular formula is C13H15NO3. The van der Waals surface area contributed by atoms with Crippen LogP contribution in [0.4, 0.5) is 0 Å². The first-order valence-corrected chi connectivity index (χ1v) is 5.66. The van der Waals surface area contributed by atoms with Crippen LogP contribution in [0.25, 0.3) is 0 Å². The summed E-state index contributed by atoms with van der Waals surface area (Å²) in [5, 5.41) is 9.02. The molecule has 1 aromatic rings. The van der Waals surface area contributed by atoms with Crippen LogP contribution in [0.2, 0.25) is 0 Å². The maximum atomic E-state index is 12.1. The Kier molecular flexibility index (Phi) is 3.13. The molecule has 1 aliphatic rings. The predicted molar refractivity (Wildman–Crippen MR) is 62.6 cm³/mol. The Bertz CT molecular complexity index is 430. The van der Waals surface area contributed by atoms with Gasteiger partial charge in [-0.15, -0.1) is 0 Å². The highest BCUT2D eigenvalue weighted by molar-refractivity contribution is 5.94. The van der Waals surface area contributed by atoms with Crippen molar-refractivity contribution in [2.45, 2.75) is 6.92 Å². The Balaban J connectivity index is 2.11. The quantitative estimate of drug-likeness (QED) is 0.841. The number of hydrogen-bond donors (Lipinski definition) is 1. The van der Waals surface area contributed by atoms with Gasteiger partial charge in [0.15, 0.2) is 0 Å². The summed E-state index contributed by atoms with van der Waals surface area (Å²) in [5.41, 5.74) is 0.616. The lowest BCUT2D eigenvalue weighted by Gasteiger charge is -2.15. The Hall–Kier alpha value is -1.84. The number of likely N-dealkylation sites (tertiary alicyclic amines) is 1. The molecule has 0 saturated carbocycles. The van der Waals surface area contributed by atoms with Crippen LogP contribution in [0, 0.1) is 11.8 Å². The van der Waals surface area contributed by atoms with Gasteiger partial charge in [0.2, 0.25) is 0 Å². The molecule has 1 saturated heterocycles. The van der Waals surface area contributed by atoms with E-state index in [9.17, 15) is 9.59 Å². The van der Waals surface area contributed by atoms with Crippen molar-refractivity contribution >= 4 is 11.9 Å². The molecule has 0 radical (unpaired) electrons. The van der Waals surface area contributed by atoms with E-state index in [1.165, 1.54) is 0 Å². The van der Waals surface area contributed by atoms with Gasteiger partial charge in [0.05, 0.1) is 5.92 Å². The van der Waals surface area contributed by atoms with Crippen LogP contribution < -0.4 is 0 Å². The van der Waals surface area contributed by atoms with Crippen LogP contribution in [0.3, 0.4) is 0 Å². The minimum atomic E-state index is -0.819. The molecule has 1 heterocycles. The third-order valence-corrected chi connectivity index (χ3v) is 3.24. The Labute approximate surface area is 99.9 Å². The van der Waals surface area contributed by atoms with Gasteiger partial charge in [0, 0.05) is 18.7 Å². The van der Waals surface area contributed by atoms with Crippen molar-refractivity contribution in [1.29, 1.82) is 0 Å². The number of benzene rings is 1. The molecule has 2 rings (SSSR count). The number of carboxylic acid groups (broad SMARTS) is 1. The number of carbonyl (C=O) groups excluding carboxylic acids is 1. The van der Waals surface area contributed by atoms with E-state index in [0.717, 1.165) is 0 Å². The van der Waals surface area contributed by atoms with Gasteiger partial charge in [-0.2, -0.15) is 0 Å². The van der Waals surface area contributed by atoms with Crippen molar-refractivity contribution in [2.75, 3.05) is 13.1 Å². The highest BCUT2D eigenvalue weighted by Gasteiger charge is 2.37. The van der Waals surface area contributed by atoms with Gasteiger partial charge in [-0.25, -0.2) is 0 Å². The van der Waals surface area contributed by atoms with Gasteiger partial charge < -0.3 is 10.0 Å². The topological polar surface area (TPSA) is 57.6 Å². The summed E-state index contributed by atoms with van der Waals surface area (Å²) in [4.78, 5) is 24.7. The largest absolute Gasteiger partial charge is 0.481 e. The fraction of sp³-hybridized carbons (Fsp3) is 0.385. The smallest absolute Gasteiger partial charge is 0.308 e. The summed E-state index contributed by atoms with van der Waals surface area (Å²) < 4.78 is 0. The Morgan fingerprint density at radius 1 is 1.24 bits per heavy atom. The number of amides is 1. The van der Waals surface area contributed by atoms with Crippen LogP contribution in [-0.4, -0.2) is 35.0 Å². The van der Waals surface area contributed by atoms with Gasteiger partial charge >= 0.3 is 5.97 Å². The second-order valence-corrected chi connectivity index (χ2v) is 4.50. The SMILES string of the molecule is CC1CN(C(=O)c2ccccc2)CC1C(=O)O. The lowest BCUT2D eigenvalue weighted by atomic mass is 9.99. The van der Waals surface area contributed by atoms with Crippen molar-refractivity contribution in [1.82, 2.24) is 4.90 Å². The zero-order valence-corrected chi connectivity index (χ0v) is 9.67. The number of rotatable bonds is 2. The van der Waals surface area contributed by atoms with E-state index in [1.54, 1.807) is 29.2 Å². The van der Waals surface area contributed by atoms with Gasteiger partial charge in [-0.05, 0) is 18.1 Å². The molecule has 0 spiro atoms. The minimum absolute atomic E-state index is 0.0140. The van der Waals surface area contributed by atoms with E-state index in [2.05, 4.69) is 0 Å². The monoisotopic (exact) mass is 233 g/mol. The van der Waals surface area contributed by atoms with Crippen molar-refractivity contribution in [2.24, 2.45) is 11.8 Å². The van der Waals surface area contributed by atoms with Crippen LogP contribution in [0.1, 0.15) is 17.3 Å². The summed E-state index contributed by atoms with van der Waals surface area (Å²) >= 11 is 0. The van der Waals surface area contributed by atoms with E-state index in [4.69, 9.17) is 5.11 Å². The highest BCUT2D eigenvalue weighted by Crippen LogP contribution is 2.24. The van der Waals surface area contributed by atoms with Crippen LogP contribution in [0.15, 0.2) is 30.3 Å². The summed E-state index contributed by atoms with van der Waals surface area (Å²) in [6.07, 6.45) is 0.